The zero-order valence-electron chi connectivity index (χ0n) is 9.55. The molecule has 18 heavy (non-hydrogen) atoms. The van der Waals surface area contributed by atoms with Crippen LogP contribution in [0.1, 0.15) is 0 Å². The van der Waals surface area contributed by atoms with Crippen molar-refractivity contribution in [3.8, 4) is 16.9 Å². The van der Waals surface area contributed by atoms with Crippen molar-refractivity contribution in [3.05, 3.63) is 77.1 Å². The summed E-state index contributed by atoms with van der Waals surface area (Å²) >= 11 is 0. The van der Waals surface area contributed by atoms with E-state index in [1.54, 1.807) is 12.1 Å². The Morgan fingerprint density at radius 3 is 2.61 bits per heavy atom. The van der Waals surface area contributed by atoms with Crippen LogP contribution in [0.4, 0.5) is 0 Å². The van der Waals surface area contributed by atoms with Gasteiger partial charge in [0.15, 0.2) is 0 Å². The van der Waals surface area contributed by atoms with Gasteiger partial charge in [-0.1, -0.05) is 36.4 Å². The van der Waals surface area contributed by atoms with Gasteiger partial charge in [-0.2, -0.15) is 0 Å². The summed E-state index contributed by atoms with van der Waals surface area (Å²) in [6, 6.07) is 22.4. The molecule has 2 aromatic carbocycles. The Morgan fingerprint density at radius 2 is 1.89 bits per heavy atom. The molecule has 86 valence electrons. The van der Waals surface area contributed by atoms with E-state index in [2.05, 4.69) is 17.2 Å². The van der Waals surface area contributed by atoms with Crippen LogP contribution in [0.3, 0.4) is 0 Å². The van der Waals surface area contributed by atoms with Gasteiger partial charge in [0.25, 0.3) is 5.56 Å². The number of nitrogens with one attached hydrogen (secondary N) is 1. The maximum Gasteiger partial charge on any atom is 0.271 e. The molecule has 1 heterocycles. The maximum absolute atomic E-state index is 11.9. The van der Waals surface area contributed by atoms with Crippen LogP contribution in [-0.4, -0.2) is 9.78 Å². The molecular weight excluding hydrogens is 224 g/mol. The highest BCUT2D eigenvalue weighted by atomic mass is 16.1. The largest absolute Gasteiger partial charge is 0.290 e. The Balaban J connectivity index is 2.10. The standard InChI is InChI=1S/C15H10N2O/c18-15-11-14(12-7-3-1-4-8-12)16-17(15)13-9-5-2-6-10-13/h1-3,5-7,9-11,16H. The summed E-state index contributed by atoms with van der Waals surface area (Å²) < 4.78 is 1.51. The number of benzene rings is 1. The minimum atomic E-state index is -0.0894. The lowest BCUT2D eigenvalue weighted by Gasteiger charge is -2.00. The lowest BCUT2D eigenvalue weighted by molar-refractivity contribution is 0.852. The van der Waals surface area contributed by atoms with Gasteiger partial charge in [-0.25, -0.2) is 4.68 Å². The maximum atomic E-state index is 11.9. The molecule has 3 rings (SSSR count). The second-order valence-electron chi connectivity index (χ2n) is 3.89. The van der Waals surface area contributed by atoms with Gasteiger partial charge in [0.2, 0.25) is 0 Å². The molecule has 0 amide bonds. The summed E-state index contributed by atoms with van der Waals surface area (Å²) in [7, 11) is 0. The van der Waals surface area contributed by atoms with Crippen molar-refractivity contribution in [1.29, 1.82) is 0 Å². The molecule has 0 spiro atoms. The van der Waals surface area contributed by atoms with E-state index in [1.165, 1.54) is 4.68 Å². The topological polar surface area (TPSA) is 37.8 Å². The number of rotatable bonds is 2. The molecule has 3 heteroatoms. The zero-order chi connectivity index (χ0) is 12.4. The number of hydrogen-bond donors (Lipinski definition) is 1. The summed E-state index contributed by atoms with van der Waals surface area (Å²) in [5.41, 5.74) is 2.28. The first kappa shape index (κ1) is 10.4. The molecule has 3 aromatic rings. The molecule has 1 N–H and O–H groups in total. The number of nitrogens with zero attached hydrogens (tertiary/aromatic N) is 1. The number of H-pyrrole nitrogens is 1. The monoisotopic (exact) mass is 234 g/mol. The molecule has 0 fully saturated rings. The van der Waals surface area contributed by atoms with Gasteiger partial charge in [-0.05, 0) is 24.3 Å². The van der Waals surface area contributed by atoms with Crippen molar-refractivity contribution >= 4 is 0 Å². The lowest BCUT2D eigenvalue weighted by atomic mass is 10.2. The van der Waals surface area contributed by atoms with Crippen molar-refractivity contribution in [1.82, 2.24) is 9.78 Å². The van der Waals surface area contributed by atoms with Crippen molar-refractivity contribution in [3.63, 3.8) is 0 Å². The third-order valence-corrected chi connectivity index (χ3v) is 2.67. The van der Waals surface area contributed by atoms with Gasteiger partial charge in [-0.3, -0.25) is 9.89 Å². The van der Waals surface area contributed by atoms with E-state index in [1.807, 2.05) is 42.5 Å². The molecule has 0 unspecified atom stereocenters. The third kappa shape index (κ3) is 1.80. The summed E-state index contributed by atoms with van der Waals surface area (Å²) in [5, 5.41) is 3.07. The Bertz CT molecular complexity index is 696. The second-order valence-corrected chi connectivity index (χ2v) is 3.89. The molecule has 0 radical (unpaired) electrons. The summed E-state index contributed by atoms with van der Waals surface area (Å²) in [6.07, 6.45) is 0. The number of para-hydroxylation sites is 1. The highest BCUT2D eigenvalue weighted by molar-refractivity contribution is 5.56. The molecule has 1 aromatic heterocycles. The van der Waals surface area contributed by atoms with E-state index in [0.717, 1.165) is 16.9 Å². The Labute approximate surface area is 104 Å². The van der Waals surface area contributed by atoms with E-state index in [0.29, 0.717) is 0 Å². The minimum absolute atomic E-state index is 0.0894. The minimum Gasteiger partial charge on any atom is -0.290 e. The molecule has 0 aliphatic rings. The van der Waals surface area contributed by atoms with E-state index >= 15 is 0 Å². The van der Waals surface area contributed by atoms with Crippen LogP contribution in [0.2, 0.25) is 0 Å². The number of hydrogen-bond acceptors (Lipinski definition) is 1. The van der Waals surface area contributed by atoms with Crippen LogP contribution in [-0.2, 0) is 0 Å². The molecular formula is C15H10N2O. The van der Waals surface area contributed by atoms with Gasteiger partial charge in [0.05, 0.1) is 16.9 Å². The van der Waals surface area contributed by atoms with Crippen molar-refractivity contribution in [2.24, 2.45) is 0 Å². The second kappa shape index (κ2) is 4.27. The SMILES string of the molecule is O=c1cc(-c2c#cccc2)[nH]n1-c1ccccc1. The van der Waals surface area contributed by atoms with Crippen LogP contribution in [0.15, 0.2) is 59.4 Å². The summed E-state index contributed by atoms with van der Waals surface area (Å²) in [5.74, 6) is 0. The van der Waals surface area contributed by atoms with E-state index in [4.69, 9.17) is 0 Å². The van der Waals surface area contributed by atoms with Gasteiger partial charge in [0, 0.05) is 6.07 Å². The number of aromatic nitrogens is 2. The number of aromatic amines is 1. The Kier molecular flexibility index (Phi) is 2.47. The van der Waals surface area contributed by atoms with Crippen LogP contribution >= 0.6 is 0 Å². The average molecular weight is 234 g/mol. The molecule has 0 saturated carbocycles. The van der Waals surface area contributed by atoms with E-state index < -0.39 is 0 Å². The van der Waals surface area contributed by atoms with E-state index in [9.17, 15) is 4.79 Å². The molecule has 0 bridgehead atoms. The predicted octanol–water partition coefficient (Wildman–Crippen LogP) is 2.43. The Morgan fingerprint density at radius 1 is 1.06 bits per heavy atom. The summed E-state index contributed by atoms with van der Waals surface area (Å²) in [6.45, 7) is 0. The first-order valence-electron chi connectivity index (χ1n) is 5.61. The average Bonchev–Trinajstić information content (AvgIpc) is 2.83. The molecule has 3 nitrogen and oxygen atoms in total. The fourth-order valence-electron chi connectivity index (χ4n) is 1.81. The quantitative estimate of drug-likeness (QED) is 0.726. The molecule has 0 aliphatic carbocycles. The fraction of sp³-hybridized carbons (Fsp3) is 0. The van der Waals surface area contributed by atoms with Crippen LogP contribution in [0, 0.1) is 12.1 Å². The fourth-order valence-corrected chi connectivity index (χ4v) is 1.81. The molecule has 0 atom stereocenters. The first-order valence-corrected chi connectivity index (χ1v) is 5.61. The van der Waals surface area contributed by atoms with Gasteiger partial charge < -0.3 is 0 Å². The van der Waals surface area contributed by atoms with Crippen LogP contribution in [0.25, 0.3) is 16.9 Å². The first-order chi connectivity index (χ1) is 8.84. The predicted molar refractivity (Wildman–Crippen MR) is 69.5 cm³/mol. The van der Waals surface area contributed by atoms with Gasteiger partial charge in [0.1, 0.15) is 0 Å². The smallest absolute Gasteiger partial charge is 0.271 e. The van der Waals surface area contributed by atoms with E-state index in [-0.39, 0.29) is 5.56 Å². The highest BCUT2D eigenvalue weighted by Crippen LogP contribution is 2.13. The van der Waals surface area contributed by atoms with Crippen LogP contribution in [0.5, 0.6) is 0 Å². The Hall–Kier alpha value is -2.73. The third-order valence-electron chi connectivity index (χ3n) is 2.67. The van der Waals surface area contributed by atoms with Gasteiger partial charge >= 0.3 is 0 Å². The van der Waals surface area contributed by atoms with Crippen LogP contribution < -0.4 is 5.56 Å². The molecule has 0 saturated heterocycles. The normalized spacial score (nSPS) is 10.0. The molecule has 0 aliphatic heterocycles. The van der Waals surface area contributed by atoms with Crippen molar-refractivity contribution in [2.45, 2.75) is 0 Å². The highest BCUT2D eigenvalue weighted by Gasteiger charge is 2.05. The van der Waals surface area contributed by atoms with Crippen molar-refractivity contribution in [2.75, 3.05) is 0 Å². The lowest BCUT2D eigenvalue weighted by Crippen LogP contribution is -2.12. The van der Waals surface area contributed by atoms with Gasteiger partial charge in [-0.15, -0.1) is 0 Å². The summed E-state index contributed by atoms with van der Waals surface area (Å²) in [4.78, 5) is 11.9. The zero-order valence-corrected chi connectivity index (χ0v) is 9.55. The van der Waals surface area contributed by atoms with Crippen molar-refractivity contribution < 1.29 is 0 Å².